The van der Waals surface area contributed by atoms with Gasteiger partial charge in [-0.2, -0.15) is 11.8 Å². The molecule has 0 radical (unpaired) electrons. The van der Waals surface area contributed by atoms with Crippen LogP contribution in [0.2, 0.25) is 0 Å². The SMILES string of the molecule is CCSCc1cccc(N([O-])O)c1. The first-order valence-corrected chi connectivity index (χ1v) is 5.22. The van der Waals surface area contributed by atoms with Gasteiger partial charge < -0.3 is 10.4 Å². The van der Waals surface area contributed by atoms with E-state index in [0.29, 0.717) is 0 Å². The van der Waals surface area contributed by atoms with E-state index in [1.807, 2.05) is 6.07 Å². The molecule has 0 atom stereocenters. The van der Waals surface area contributed by atoms with Gasteiger partial charge in [0.05, 0.1) is 5.69 Å². The molecule has 0 aromatic heterocycles. The molecule has 0 heterocycles. The van der Waals surface area contributed by atoms with Crippen molar-refractivity contribution in [2.24, 2.45) is 0 Å². The van der Waals surface area contributed by atoms with E-state index in [1.54, 1.807) is 30.0 Å². The third-order valence-electron chi connectivity index (χ3n) is 1.60. The monoisotopic (exact) mass is 198 g/mol. The summed E-state index contributed by atoms with van der Waals surface area (Å²) in [5.41, 5.74) is 1.34. The third kappa shape index (κ3) is 3.26. The summed E-state index contributed by atoms with van der Waals surface area (Å²) in [6, 6.07) is 6.97. The maximum Gasteiger partial charge on any atom is 0.0511 e. The Balaban J connectivity index is 2.68. The fourth-order valence-corrected chi connectivity index (χ4v) is 1.60. The summed E-state index contributed by atoms with van der Waals surface area (Å²) in [6.07, 6.45) is 0. The molecule has 1 aromatic carbocycles. The molecule has 0 aliphatic rings. The quantitative estimate of drug-likeness (QED) is 0.755. The van der Waals surface area contributed by atoms with E-state index in [1.165, 1.54) is 0 Å². The van der Waals surface area contributed by atoms with Crippen molar-refractivity contribution in [3.8, 4) is 0 Å². The van der Waals surface area contributed by atoms with Gasteiger partial charge in [0.25, 0.3) is 0 Å². The molecular weight excluding hydrogens is 186 g/mol. The topological polar surface area (TPSA) is 46.5 Å². The average Bonchev–Trinajstić information content (AvgIpc) is 2.15. The van der Waals surface area contributed by atoms with Crippen LogP contribution in [0.15, 0.2) is 24.3 Å². The van der Waals surface area contributed by atoms with E-state index in [4.69, 9.17) is 5.21 Å². The van der Waals surface area contributed by atoms with Gasteiger partial charge in [0.2, 0.25) is 0 Å². The summed E-state index contributed by atoms with van der Waals surface area (Å²) in [5, 5.41) is 19.1. The number of rotatable bonds is 4. The maximum atomic E-state index is 10.5. The molecule has 0 aliphatic carbocycles. The van der Waals surface area contributed by atoms with Crippen LogP contribution in [0.25, 0.3) is 0 Å². The lowest BCUT2D eigenvalue weighted by atomic mass is 10.2. The smallest absolute Gasteiger partial charge is 0.0511 e. The third-order valence-corrected chi connectivity index (χ3v) is 2.55. The highest BCUT2D eigenvalue weighted by Gasteiger charge is 1.95. The van der Waals surface area contributed by atoms with Crippen LogP contribution in [-0.4, -0.2) is 11.0 Å². The molecule has 0 aliphatic heterocycles. The molecule has 3 nitrogen and oxygen atoms in total. The second-order valence-corrected chi connectivity index (χ2v) is 3.85. The van der Waals surface area contributed by atoms with Gasteiger partial charge in [0.15, 0.2) is 0 Å². The van der Waals surface area contributed by atoms with Crippen LogP contribution in [-0.2, 0) is 5.75 Å². The predicted octanol–water partition coefficient (Wildman–Crippen LogP) is 2.63. The summed E-state index contributed by atoms with van der Waals surface area (Å²) in [5.74, 6) is 1.92. The van der Waals surface area contributed by atoms with Crippen molar-refractivity contribution < 1.29 is 5.21 Å². The Kier molecular flexibility index (Phi) is 4.08. The molecule has 0 spiro atoms. The molecule has 1 rings (SSSR count). The first-order chi connectivity index (χ1) is 6.24. The van der Waals surface area contributed by atoms with Crippen LogP contribution in [0.5, 0.6) is 0 Å². The van der Waals surface area contributed by atoms with Gasteiger partial charge in [0.1, 0.15) is 0 Å². The van der Waals surface area contributed by atoms with E-state index < -0.39 is 0 Å². The molecule has 0 bridgehead atoms. The summed E-state index contributed by atoms with van der Waals surface area (Å²) < 4.78 is 0. The van der Waals surface area contributed by atoms with E-state index in [9.17, 15) is 5.21 Å². The predicted molar refractivity (Wildman–Crippen MR) is 55.9 cm³/mol. The van der Waals surface area contributed by atoms with Gasteiger partial charge >= 0.3 is 0 Å². The van der Waals surface area contributed by atoms with Crippen LogP contribution in [0, 0.1) is 5.21 Å². The van der Waals surface area contributed by atoms with Crippen LogP contribution in [0.1, 0.15) is 12.5 Å². The fraction of sp³-hybridized carbons (Fsp3) is 0.333. The second-order valence-electron chi connectivity index (χ2n) is 2.58. The Labute approximate surface area is 81.9 Å². The van der Waals surface area contributed by atoms with E-state index >= 15 is 0 Å². The Bertz CT molecular complexity index is 266. The van der Waals surface area contributed by atoms with Crippen molar-refractivity contribution >= 4 is 17.4 Å². The summed E-state index contributed by atoms with van der Waals surface area (Å²) in [4.78, 5) is 0. The van der Waals surface area contributed by atoms with Crippen molar-refractivity contribution in [1.82, 2.24) is 0 Å². The molecule has 1 N–H and O–H groups in total. The second kappa shape index (κ2) is 5.11. The number of hydrogen-bond acceptors (Lipinski definition) is 4. The van der Waals surface area contributed by atoms with Gasteiger partial charge in [0, 0.05) is 5.75 Å². The highest BCUT2D eigenvalue weighted by atomic mass is 32.2. The first-order valence-electron chi connectivity index (χ1n) is 4.07. The molecule has 0 unspecified atom stereocenters. The number of benzene rings is 1. The number of anilines is 1. The highest BCUT2D eigenvalue weighted by Crippen LogP contribution is 2.17. The molecule has 0 saturated carbocycles. The highest BCUT2D eigenvalue weighted by molar-refractivity contribution is 7.98. The summed E-state index contributed by atoms with van der Waals surface area (Å²) in [6.45, 7) is 2.08. The minimum atomic E-state index is -0.111. The Hall–Kier alpha value is -0.710. The van der Waals surface area contributed by atoms with Crippen LogP contribution >= 0.6 is 11.8 Å². The van der Waals surface area contributed by atoms with Crippen molar-refractivity contribution in [1.29, 1.82) is 0 Å². The molecular formula is C9H12NO2S-. The lowest BCUT2D eigenvalue weighted by Gasteiger charge is -2.21. The van der Waals surface area contributed by atoms with Gasteiger partial charge in [-0.05, 0) is 23.4 Å². The molecule has 0 amide bonds. The lowest BCUT2D eigenvalue weighted by Crippen LogP contribution is -2.06. The molecule has 4 heteroatoms. The zero-order chi connectivity index (χ0) is 9.68. The number of nitrogens with zero attached hydrogens (tertiary/aromatic N) is 1. The largest absolute Gasteiger partial charge is 0.733 e. The normalized spacial score (nSPS) is 10.1. The fourth-order valence-electron chi connectivity index (χ4n) is 0.985. The maximum absolute atomic E-state index is 10.5. The summed E-state index contributed by atoms with van der Waals surface area (Å²) in [7, 11) is 0. The Morgan fingerprint density at radius 2 is 2.31 bits per heavy atom. The summed E-state index contributed by atoms with van der Waals surface area (Å²) >= 11 is 1.78. The van der Waals surface area contributed by atoms with Crippen LogP contribution < -0.4 is 5.23 Å². The average molecular weight is 198 g/mol. The van der Waals surface area contributed by atoms with Gasteiger partial charge in [-0.15, -0.1) is 0 Å². The van der Waals surface area contributed by atoms with Crippen LogP contribution in [0.3, 0.4) is 0 Å². The van der Waals surface area contributed by atoms with Crippen LogP contribution in [0.4, 0.5) is 5.69 Å². The molecule has 0 fully saturated rings. The van der Waals surface area contributed by atoms with E-state index in [-0.39, 0.29) is 10.9 Å². The Morgan fingerprint density at radius 1 is 1.54 bits per heavy atom. The Morgan fingerprint density at radius 3 is 2.92 bits per heavy atom. The van der Waals surface area contributed by atoms with Crippen molar-refractivity contribution in [3.63, 3.8) is 0 Å². The number of hydrogen-bond donors (Lipinski definition) is 1. The lowest BCUT2D eigenvalue weighted by molar-refractivity contribution is 0.296. The van der Waals surface area contributed by atoms with E-state index in [2.05, 4.69) is 6.92 Å². The zero-order valence-electron chi connectivity index (χ0n) is 7.43. The first kappa shape index (κ1) is 10.4. The van der Waals surface area contributed by atoms with Crippen molar-refractivity contribution in [3.05, 3.63) is 35.0 Å². The van der Waals surface area contributed by atoms with Crippen molar-refractivity contribution in [2.75, 3.05) is 11.0 Å². The molecule has 1 aromatic rings. The van der Waals surface area contributed by atoms with Gasteiger partial charge in [-0.1, -0.05) is 19.1 Å². The van der Waals surface area contributed by atoms with Gasteiger partial charge in [-0.25, -0.2) is 0 Å². The molecule has 0 saturated heterocycles. The molecule has 72 valence electrons. The number of thioether (sulfide) groups is 1. The standard InChI is InChI=1S/C9H12NO2S/c1-2-13-7-8-4-3-5-9(6-8)10(11)12/h3-6,11H,2,7H2,1H3/q-1. The molecule has 13 heavy (non-hydrogen) atoms. The minimum absolute atomic E-state index is 0.111. The van der Waals surface area contributed by atoms with Gasteiger partial charge in [-0.3, -0.25) is 5.21 Å². The zero-order valence-corrected chi connectivity index (χ0v) is 8.25. The van der Waals surface area contributed by atoms with Crippen molar-refractivity contribution in [2.45, 2.75) is 12.7 Å². The minimum Gasteiger partial charge on any atom is -0.733 e. The van der Waals surface area contributed by atoms with E-state index in [0.717, 1.165) is 17.1 Å².